The quantitative estimate of drug-likeness (QED) is 0.874. The zero-order valence-electron chi connectivity index (χ0n) is 10.5. The second-order valence-corrected chi connectivity index (χ2v) is 5.26. The summed E-state index contributed by atoms with van der Waals surface area (Å²) in [5, 5.41) is 9.51. The van der Waals surface area contributed by atoms with Crippen molar-refractivity contribution < 1.29 is 14.6 Å². The average Bonchev–Trinajstić information content (AvgIpc) is 2.79. The van der Waals surface area contributed by atoms with Crippen LogP contribution in [0.25, 0.3) is 0 Å². The second kappa shape index (κ2) is 5.00. The molecule has 98 valence electrons. The molecule has 0 radical (unpaired) electrons. The lowest BCUT2D eigenvalue weighted by Gasteiger charge is -2.31. The van der Waals surface area contributed by atoms with E-state index < -0.39 is 5.79 Å². The smallest absolute Gasteiger partial charge is 0.169 e. The Morgan fingerprint density at radius 1 is 1.06 bits per heavy atom. The first kappa shape index (κ1) is 12.2. The predicted molar refractivity (Wildman–Crippen MR) is 68.0 cm³/mol. The molecule has 0 unspecified atom stereocenters. The van der Waals surface area contributed by atoms with Crippen LogP contribution in [-0.2, 0) is 9.47 Å². The van der Waals surface area contributed by atoms with Crippen molar-refractivity contribution >= 4 is 0 Å². The van der Waals surface area contributed by atoms with E-state index in [4.69, 9.17) is 9.47 Å². The van der Waals surface area contributed by atoms with Crippen LogP contribution < -0.4 is 0 Å². The van der Waals surface area contributed by atoms with Gasteiger partial charge < -0.3 is 14.6 Å². The number of ether oxygens (including phenoxy) is 2. The zero-order chi connectivity index (χ0) is 12.4. The van der Waals surface area contributed by atoms with Gasteiger partial charge >= 0.3 is 0 Å². The van der Waals surface area contributed by atoms with Gasteiger partial charge in [-0.05, 0) is 18.4 Å². The highest BCUT2D eigenvalue weighted by molar-refractivity contribution is 5.20. The Balaban J connectivity index is 1.82. The fourth-order valence-electron chi connectivity index (χ4n) is 3.06. The Labute approximate surface area is 108 Å². The van der Waals surface area contributed by atoms with Gasteiger partial charge in [-0.1, -0.05) is 36.8 Å². The average molecular weight is 248 g/mol. The van der Waals surface area contributed by atoms with Crippen LogP contribution in [0.2, 0.25) is 0 Å². The molecule has 1 aromatic carbocycles. The fraction of sp³-hybridized carbons (Fsp3) is 0.600. The minimum absolute atomic E-state index is 0.0152. The van der Waals surface area contributed by atoms with E-state index in [0.717, 1.165) is 31.2 Å². The highest BCUT2D eigenvalue weighted by Crippen LogP contribution is 2.45. The van der Waals surface area contributed by atoms with Crippen LogP contribution in [0.5, 0.6) is 0 Å². The van der Waals surface area contributed by atoms with Gasteiger partial charge in [0.25, 0.3) is 0 Å². The van der Waals surface area contributed by atoms with E-state index >= 15 is 0 Å². The fourth-order valence-corrected chi connectivity index (χ4v) is 3.06. The Kier molecular flexibility index (Phi) is 3.37. The number of benzene rings is 1. The summed E-state index contributed by atoms with van der Waals surface area (Å²) in [4.78, 5) is 0. The third-order valence-corrected chi connectivity index (χ3v) is 3.97. The Morgan fingerprint density at radius 2 is 1.78 bits per heavy atom. The molecule has 1 heterocycles. The van der Waals surface area contributed by atoms with Crippen molar-refractivity contribution in [2.75, 3.05) is 6.61 Å². The number of hydrogen-bond acceptors (Lipinski definition) is 3. The van der Waals surface area contributed by atoms with Gasteiger partial charge in [-0.3, -0.25) is 0 Å². The minimum Gasteiger partial charge on any atom is -0.394 e. The molecule has 1 saturated heterocycles. The molecule has 3 rings (SSSR count). The van der Waals surface area contributed by atoms with E-state index in [1.54, 1.807) is 0 Å². The predicted octanol–water partition coefficient (Wildman–Crippen LogP) is 2.80. The van der Waals surface area contributed by atoms with E-state index in [0.29, 0.717) is 0 Å². The maximum atomic E-state index is 9.51. The van der Waals surface area contributed by atoms with Crippen molar-refractivity contribution in [3.05, 3.63) is 35.9 Å². The topological polar surface area (TPSA) is 38.7 Å². The number of aliphatic hydroxyl groups is 1. The Hall–Kier alpha value is -0.900. The largest absolute Gasteiger partial charge is 0.394 e. The summed E-state index contributed by atoms with van der Waals surface area (Å²) >= 11 is 0. The summed E-state index contributed by atoms with van der Waals surface area (Å²) in [6.45, 7) is 0.0152. The molecule has 3 nitrogen and oxygen atoms in total. The molecule has 2 aliphatic rings. The first-order chi connectivity index (χ1) is 8.83. The van der Waals surface area contributed by atoms with Crippen molar-refractivity contribution in [3.63, 3.8) is 0 Å². The zero-order valence-corrected chi connectivity index (χ0v) is 10.5. The maximum Gasteiger partial charge on any atom is 0.169 e. The molecular weight excluding hydrogens is 228 g/mol. The van der Waals surface area contributed by atoms with Gasteiger partial charge in [0.2, 0.25) is 0 Å². The van der Waals surface area contributed by atoms with E-state index in [9.17, 15) is 5.11 Å². The number of aliphatic hydroxyl groups excluding tert-OH is 1. The van der Waals surface area contributed by atoms with E-state index in [-0.39, 0.29) is 18.8 Å². The molecule has 1 aliphatic carbocycles. The summed E-state index contributed by atoms with van der Waals surface area (Å²) < 4.78 is 12.2. The molecule has 18 heavy (non-hydrogen) atoms. The maximum absolute atomic E-state index is 9.51. The Morgan fingerprint density at radius 3 is 2.44 bits per heavy atom. The Bertz CT molecular complexity index is 384. The molecule has 2 atom stereocenters. The van der Waals surface area contributed by atoms with Gasteiger partial charge in [0.15, 0.2) is 5.79 Å². The number of rotatable bonds is 2. The van der Waals surface area contributed by atoms with Crippen LogP contribution in [-0.4, -0.2) is 23.6 Å². The second-order valence-electron chi connectivity index (χ2n) is 5.26. The van der Waals surface area contributed by atoms with Crippen molar-refractivity contribution in [3.8, 4) is 0 Å². The third-order valence-electron chi connectivity index (χ3n) is 3.97. The molecule has 0 aromatic heterocycles. The lowest BCUT2D eigenvalue weighted by molar-refractivity contribution is -0.196. The summed E-state index contributed by atoms with van der Waals surface area (Å²) in [6.07, 6.45) is 5.10. The van der Waals surface area contributed by atoms with Crippen LogP contribution in [0.1, 0.15) is 43.8 Å². The summed E-state index contributed by atoms with van der Waals surface area (Å²) in [7, 11) is 0. The van der Waals surface area contributed by atoms with E-state index in [1.165, 1.54) is 6.42 Å². The van der Waals surface area contributed by atoms with E-state index in [2.05, 4.69) is 0 Å². The van der Waals surface area contributed by atoms with Crippen LogP contribution in [0.15, 0.2) is 30.3 Å². The van der Waals surface area contributed by atoms with Gasteiger partial charge in [-0.2, -0.15) is 0 Å². The normalized spacial score (nSPS) is 30.7. The molecule has 2 fully saturated rings. The summed E-state index contributed by atoms with van der Waals surface area (Å²) in [5.74, 6) is -0.438. The first-order valence-electron chi connectivity index (χ1n) is 6.84. The van der Waals surface area contributed by atoms with Gasteiger partial charge in [0, 0.05) is 12.8 Å². The molecule has 1 aliphatic heterocycles. The van der Waals surface area contributed by atoms with E-state index in [1.807, 2.05) is 30.3 Å². The van der Waals surface area contributed by atoms with Crippen LogP contribution in [0, 0.1) is 0 Å². The van der Waals surface area contributed by atoms with Crippen LogP contribution >= 0.6 is 0 Å². The molecule has 1 spiro atoms. The van der Waals surface area contributed by atoms with Gasteiger partial charge in [-0.25, -0.2) is 0 Å². The lowest BCUT2D eigenvalue weighted by Crippen LogP contribution is -2.33. The highest BCUT2D eigenvalue weighted by atomic mass is 16.8. The molecule has 0 bridgehead atoms. The van der Waals surface area contributed by atoms with Crippen molar-refractivity contribution in [2.45, 2.75) is 50.1 Å². The van der Waals surface area contributed by atoms with Crippen molar-refractivity contribution in [1.29, 1.82) is 0 Å². The summed E-state index contributed by atoms with van der Waals surface area (Å²) in [6, 6.07) is 10.1. The molecule has 1 saturated carbocycles. The molecule has 1 N–H and O–H groups in total. The van der Waals surface area contributed by atoms with Gasteiger partial charge in [-0.15, -0.1) is 0 Å². The van der Waals surface area contributed by atoms with Crippen molar-refractivity contribution in [2.24, 2.45) is 0 Å². The molecule has 3 heteroatoms. The van der Waals surface area contributed by atoms with Crippen LogP contribution in [0.3, 0.4) is 0 Å². The van der Waals surface area contributed by atoms with Crippen molar-refractivity contribution in [1.82, 2.24) is 0 Å². The first-order valence-corrected chi connectivity index (χ1v) is 6.84. The highest BCUT2D eigenvalue weighted by Gasteiger charge is 2.48. The SMILES string of the molecule is OC[C@H]1OC2(CCCCC2)O[C@@H]1c1ccccc1. The van der Waals surface area contributed by atoms with Gasteiger partial charge in [0.1, 0.15) is 12.2 Å². The number of hydrogen-bond donors (Lipinski definition) is 1. The lowest BCUT2D eigenvalue weighted by atomic mass is 9.94. The van der Waals surface area contributed by atoms with Crippen LogP contribution in [0.4, 0.5) is 0 Å². The molecule has 0 amide bonds. The monoisotopic (exact) mass is 248 g/mol. The standard InChI is InChI=1S/C15H20O3/c16-11-13-14(12-7-3-1-4-8-12)18-15(17-13)9-5-2-6-10-15/h1,3-4,7-8,13-14,16H,2,5-6,9-11H2/t13-,14-/m1/s1. The molecule has 1 aromatic rings. The molecular formula is C15H20O3. The minimum atomic E-state index is -0.438. The summed E-state index contributed by atoms with van der Waals surface area (Å²) in [5.41, 5.74) is 1.10. The van der Waals surface area contributed by atoms with Gasteiger partial charge in [0.05, 0.1) is 6.61 Å². The third kappa shape index (κ3) is 2.18.